The van der Waals surface area contributed by atoms with Gasteiger partial charge in [0.2, 0.25) is 0 Å². The van der Waals surface area contributed by atoms with Crippen molar-refractivity contribution in [2.45, 2.75) is 38.1 Å². The number of methoxy groups -OCH3 is 1. The lowest BCUT2D eigenvalue weighted by atomic mass is 9.76. The SMILES string of the molecule is COc1cccc(N2C(N)=NCC23CCC(C)CC3)c1. The van der Waals surface area contributed by atoms with E-state index in [-0.39, 0.29) is 5.54 Å². The van der Waals surface area contributed by atoms with E-state index in [4.69, 9.17) is 10.5 Å². The molecule has 0 radical (unpaired) electrons. The zero-order valence-electron chi connectivity index (χ0n) is 12.3. The van der Waals surface area contributed by atoms with Gasteiger partial charge in [-0.1, -0.05) is 13.0 Å². The van der Waals surface area contributed by atoms with Crippen molar-refractivity contribution < 1.29 is 4.74 Å². The first kappa shape index (κ1) is 13.3. The third-order valence-electron chi connectivity index (χ3n) is 4.76. The molecule has 0 aromatic heterocycles. The number of hydrogen-bond acceptors (Lipinski definition) is 4. The highest BCUT2D eigenvalue weighted by Gasteiger charge is 2.44. The molecule has 108 valence electrons. The van der Waals surface area contributed by atoms with Gasteiger partial charge in [-0.05, 0) is 43.7 Å². The molecule has 4 nitrogen and oxygen atoms in total. The summed E-state index contributed by atoms with van der Waals surface area (Å²) in [6.07, 6.45) is 4.83. The number of anilines is 1. The molecule has 0 unspecified atom stereocenters. The van der Waals surface area contributed by atoms with Crippen LogP contribution in [0.15, 0.2) is 29.3 Å². The lowest BCUT2D eigenvalue weighted by Crippen LogP contribution is -2.53. The Morgan fingerprint density at radius 1 is 1.35 bits per heavy atom. The van der Waals surface area contributed by atoms with Crippen LogP contribution in [0.2, 0.25) is 0 Å². The van der Waals surface area contributed by atoms with Gasteiger partial charge in [-0.2, -0.15) is 0 Å². The molecule has 1 aliphatic heterocycles. The lowest BCUT2D eigenvalue weighted by molar-refractivity contribution is 0.261. The molecule has 20 heavy (non-hydrogen) atoms. The highest BCUT2D eigenvalue weighted by molar-refractivity contribution is 5.98. The molecule has 0 atom stereocenters. The summed E-state index contributed by atoms with van der Waals surface area (Å²) in [7, 11) is 1.69. The highest BCUT2D eigenvalue weighted by Crippen LogP contribution is 2.42. The molecule has 1 aromatic rings. The fraction of sp³-hybridized carbons (Fsp3) is 0.562. The molecule has 1 aromatic carbocycles. The summed E-state index contributed by atoms with van der Waals surface area (Å²) in [6, 6.07) is 8.12. The minimum Gasteiger partial charge on any atom is -0.497 e. The molecule has 2 N–H and O–H groups in total. The Balaban J connectivity index is 1.93. The average molecular weight is 273 g/mol. The number of guanidine groups is 1. The lowest BCUT2D eigenvalue weighted by Gasteiger charge is -2.43. The van der Waals surface area contributed by atoms with Crippen LogP contribution in [0.3, 0.4) is 0 Å². The Morgan fingerprint density at radius 3 is 2.80 bits per heavy atom. The molecular formula is C16H23N3O. The Kier molecular flexibility index (Phi) is 3.32. The van der Waals surface area contributed by atoms with Crippen LogP contribution in [-0.4, -0.2) is 25.2 Å². The van der Waals surface area contributed by atoms with Crippen molar-refractivity contribution in [3.8, 4) is 5.75 Å². The van der Waals surface area contributed by atoms with E-state index >= 15 is 0 Å². The van der Waals surface area contributed by atoms with E-state index < -0.39 is 0 Å². The van der Waals surface area contributed by atoms with E-state index in [0.29, 0.717) is 5.96 Å². The summed E-state index contributed by atoms with van der Waals surface area (Å²) in [5, 5.41) is 0. The molecular weight excluding hydrogens is 250 g/mol. The number of nitrogens with two attached hydrogens (primary N) is 1. The van der Waals surface area contributed by atoms with E-state index in [1.165, 1.54) is 12.8 Å². The largest absolute Gasteiger partial charge is 0.497 e. The topological polar surface area (TPSA) is 50.9 Å². The number of ether oxygens (including phenoxy) is 1. The van der Waals surface area contributed by atoms with Crippen LogP contribution in [0.1, 0.15) is 32.6 Å². The highest BCUT2D eigenvalue weighted by atomic mass is 16.5. The van der Waals surface area contributed by atoms with Gasteiger partial charge in [-0.15, -0.1) is 0 Å². The molecule has 4 heteroatoms. The Hall–Kier alpha value is -1.71. The molecule has 3 rings (SSSR count). The van der Waals surface area contributed by atoms with E-state index in [9.17, 15) is 0 Å². The molecule has 0 saturated heterocycles. The third-order valence-corrected chi connectivity index (χ3v) is 4.76. The molecule has 1 heterocycles. The summed E-state index contributed by atoms with van der Waals surface area (Å²) < 4.78 is 5.34. The van der Waals surface area contributed by atoms with E-state index in [0.717, 1.165) is 36.7 Å². The first-order valence-electron chi connectivity index (χ1n) is 7.39. The van der Waals surface area contributed by atoms with Gasteiger partial charge in [0.15, 0.2) is 5.96 Å². The quantitative estimate of drug-likeness (QED) is 0.901. The molecule has 1 saturated carbocycles. The van der Waals surface area contributed by atoms with Crippen LogP contribution in [0.5, 0.6) is 5.75 Å². The summed E-state index contributed by atoms with van der Waals surface area (Å²) in [5.74, 6) is 2.32. The van der Waals surface area contributed by atoms with Crippen LogP contribution in [-0.2, 0) is 0 Å². The average Bonchev–Trinajstić information content (AvgIpc) is 2.79. The van der Waals surface area contributed by atoms with Crippen molar-refractivity contribution in [2.75, 3.05) is 18.6 Å². The van der Waals surface area contributed by atoms with Gasteiger partial charge >= 0.3 is 0 Å². The van der Waals surface area contributed by atoms with Gasteiger partial charge in [0, 0.05) is 11.8 Å². The van der Waals surface area contributed by atoms with Gasteiger partial charge in [0.1, 0.15) is 5.75 Å². The minimum atomic E-state index is 0.0863. The van der Waals surface area contributed by atoms with E-state index in [1.807, 2.05) is 18.2 Å². The zero-order valence-corrected chi connectivity index (χ0v) is 12.3. The predicted molar refractivity (Wildman–Crippen MR) is 82.3 cm³/mol. The van der Waals surface area contributed by atoms with Crippen molar-refractivity contribution in [2.24, 2.45) is 16.6 Å². The van der Waals surface area contributed by atoms with Crippen molar-refractivity contribution >= 4 is 11.6 Å². The van der Waals surface area contributed by atoms with Crippen LogP contribution in [0.25, 0.3) is 0 Å². The van der Waals surface area contributed by atoms with Crippen LogP contribution >= 0.6 is 0 Å². The molecule has 0 bridgehead atoms. The standard InChI is InChI=1S/C16H23N3O/c1-12-6-8-16(9-7-12)11-18-15(17)19(16)13-4-3-5-14(10-13)20-2/h3-5,10,12H,6-9,11H2,1-2H3,(H2,17,18). The maximum absolute atomic E-state index is 6.18. The van der Waals surface area contributed by atoms with Crippen LogP contribution in [0, 0.1) is 5.92 Å². The van der Waals surface area contributed by atoms with Crippen molar-refractivity contribution in [1.82, 2.24) is 0 Å². The van der Waals surface area contributed by atoms with E-state index in [1.54, 1.807) is 7.11 Å². The maximum Gasteiger partial charge on any atom is 0.196 e. The Labute approximate surface area is 120 Å². The monoisotopic (exact) mass is 273 g/mol. The van der Waals surface area contributed by atoms with Crippen LogP contribution < -0.4 is 15.4 Å². The van der Waals surface area contributed by atoms with Crippen molar-refractivity contribution in [1.29, 1.82) is 0 Å². The Bertz CT molecular complexity index is 518. The fourth-order valence-corrected chi connectivity index (χ4v) is 3.45. The van der Waals surface area contributed by atoms with Gasteiger partial charge in [0.05, 0.1) is 19.2 Å². The number of hydrogen-bond donors (Lipinski definition) is 1. The summed E-state index contributed by atoms with van der Waals surface area (Å²) in [6.45, 7) is 3.16. The smallest absolute Gasteiger partial charge is 0.196 e. The Morgan fingerprint density at radius 2 is 2.10 bits per heavy atom. The molecule has 1 spiro atoms. The number of aliphatic imine (C=N–C) groups is 1. The van der Waals surface area contributed by atoms with Gasteiger partial charge in [0.25, 0.3) is 0 Å². The second kappa shape index (κ2) is 5.00. The van der Waals surface area contributed by atoms with Gasteiger partial charge in [-0.3, -0.25) is 4.99 Å². The fourth-order valence-electron chi connectivity index (χ4n) is 3.45. The number of rotatable bonds is 2. The summed E-state index contributed by atoms with van der Waals surface area (Å²) in [4.78, 5) is 6.77. The number of nitrogens with zero attached hydrogens (tertiary/aromatic N) is 2. The van der Waals surface area contributed by atoms with Crippen molar-refractivity contribution in [3.05, 3.63) is 24.3 Å². The number of benzene rings is 1. The van der Waals surface area contributed by atoms with E-state index in [2.05, 4.69) is 22.9 Å². The molecule has 1 fully saturated rings. The first-order valence-corrected chi connectivity index (χ1v) is 7.39. The predicted octanol–water partition coefficient (Wildman–Crippen LogP) is 2.78. The van der Waals surface area contributed by atoms with Crippen LogP contribution in [0.4, 0.5) is 5.69 Å². The molecule has 1 aliphatic carbocycles. The zero-order chi connectivity index (χ0) is 14.2. The minimum absolute atomic E-state index is 0.0863. The third kappa shape index (κ3) is 2.13. The maximum atomic E-state index is 6.18. The second-order valence-corrected chi connectivity index (χ2v) is 6.12. The molecule has 0 amide bonds. The second-order valence-electron chi connectivity index (χ2n) is 6.12. The first-order chi connectivity index (χ1) is 9.64. The molecule has 2 aliphatic rings. The van der Waals surface area contributed by atoms with Crippen molar-refractivity contribution in [3.63, 3.8) is 0 Å². The summed E-state index contributed by atoms with van der Waals surface area (Å²) >= 11 is 0. The van der Waals surface area contributed by atoms with Gasteiger partial charge < -0.3 is 15.4 Å². The normalized spacial score (nSPS) is 29.6. The summed E-state index contributed by atoms with van der Waals surface area (Å²) in [5.41, 5.74) is 7.36. The van der Waals surface area contributed by atoms with Gasteiger partial charge in [-0.25, -0.2) is 0 Å².